The minimum Gasteiger partial charge on any atom is -0.320 e. The minimum atomic E-state index is -0.187. The van der Waals surface area contributed by atoms with Crippen LogP contribution < -0.4 is 5.73 Å². The minimum absolute atomic E-state index is 0.187. The molecule has 2 aromatic heterocycles. The molecule has 0 aromatic carbocycles. The summed E-state index contributed by atoms with van der Waals surface area (Å²) < 4.78 is 0. The van der Waals surface area contributed by atoms with Gasteiger partial charge in [0.15, 0.2) is 0 Å². The van der Waals surface area contributed by atoms with Crippen molar-refractivity contribution >= 4 is 0 Å². The molecule has 4 nitrogen and oxygen atoms in total. The third-order valence-corrected chi connectivity index (χ3v) is 2.22. The van der Waals surface area contributed by atoms with Crippen molar-refractivity contribution in [2.45, 2.75) is 13.0 Å². The van der Waals surface area contributed by atoms with E-state index in [1.165, 1.54) is 0 Å². The molecule has 0 aliphatic heterocycles. The third-order valence-electron chi connectivity index (χ3n) is 2.22. The van der Waals surface area contributed by atoms with E-state index in [9.17, 15) is 0 Å². The van der Waals surface area contributed by atoms with Crippen LogP contribution in [-0.4, -0.2) is 15.2 Å². The van der Waals surface area contributed by atoms with Crippen molar-refractivity contribution in [3.8, 4) is 0 Å². The van der Waals surface area contributed by atoms with Crippen molar-refractivity contribution in [3.05, 3.63) is 53.6 Å². The summed E-state index contributed by atoms with van der Waals surface area (Å²) >= 11 is 0. The maximum absolute atomic E-state index is 6.08. The van der Waals surface area contributed by atoms with Gasteiger partial charge >= 0.3 is 0 Å². The van der Waals surface area contributed by atoms with Gasteiger partial charge in [0.2, 0.25) is 0 Å². The molecular formula is C11H12N4. The van der Waals surface area contributed by atoms with Crippen molar-refractivity contribution in [1.29, 1.82) is 0 Å². The quantitative estimate of drug-likeness (QED) is 0.791. The Kier molecular flexibility index (Phi) is 2.69. The second kappa shape index (κ2) is 4.14. The molecule has 0 aliphatic rings. The van der Waals surface area contributed by atoms with E-state index in [1.807, 2.05) is 19.1 Å². The van der Waals surface area contributed by atoms with Gasteiger partial charge in [-0.2, -0.15) is 10.2 Å². The Balaban J connectivity index is 2.32. The van der Waals surface area contributed by atoms with Gasteiger partial charge in [-0.1, -0.05) is 6.07 Å². The zero-order valence-corrected chi connectivity index (χ0v) is 8.46. The predicted octanol–water partition coefficient (Wildman–Crippen LogP) is 1.23. The lowest BCUT2D eigenvalue weighted by atomic mass is 10.0. The zero-order valence-electron chi connectivity index (χ0n) is 8.46. The first-order chi connectivity index (χ1) is 7.27. The number of hydrogen-bond donors (Lipinski definition) is 1. The molecule has 0 saturated carbocycles. The lowest BCUT2D eigenvalue weighted by molar-refractivity contribution is 0.838. The van der Waals surface area contributed by atoms with Gasteiger partial charge in [0.05, 0.1) is 12.2 Å². The SMILES string of the molecule is Cc1cncc(C(N)c2ccnnc2)c1. The second-order valence-electron chi connectivity index (χ2n) is 3.45. The summed E-state index contributed by atoms with van der Waals surface area (Å²) in [6, 6.07) is 3.70. The van der Waals surface area contributed by atoms with Gasteiger partial charge in [0, 0.05) is 18.6 Å². The van der Waals surface area contributed by atoms with Crippen molar-refractivity contribution in [1.82, 2.24) is 15.2 Å². The monoisotopic (exact) mass is 200 g/mol. The Morgan fingerprint density at radius 2 is 2.00 bits per heavy atom. The van der Waals surface area contributed by atoms with E-state index in [0.29, 0.717) is 0 Å². The topological polar surface area (TPSA) is 64.7 Å². The van der Waals surface area contributed by atoms with E-state index in [2.05, 4.69) is 15.2 Å². The van der Waals surface area contributed by atoms with E-state index in [-0.39, 0.29) is 6.04 Å². The molecule has 2 rings (SSSR count). The van der Waals surface area contributed by atoms with E-state index in [1.54, 1.807) is 24.8 Å². The third kappa shape index (κ3) is 2.16. The van der Waals surface area contributed by atoms with E-state index in [0.717, 1.165) is 16.7 Å². The molecule has 0 fully saturated rings. The van der Waals surface area contributed by atoms with Gasteiger partial charge in [-0.3, -0.25) is 4.98 Å². The van der Waals surface area contributed by atoms with Crippen LogP contribution in [0.2, 0.25) is 0 Å². The van der Waals surface area contributed by atoms with Crippen molar-refractivity contribution in [2.24, 2.45) is 5.73 Å². The van der Waals surface area contributed by atoms with Gasteiger partial charge < -0.3 is 5.73 Å². The highest BCUT2D eigenvalue weighted by Crippen LogP contribution is 2.17. The molecule has 76 valence electrons. The van der Waals surface area contributed by atoms with Gasteiger partial charge in [-0.15, -0.1) is 0 Å². The summed E-state index contributed by atoms with van der Waals surface area (Å²) in [4.78, 5) is 4.11. The molecule has 0 bridgehead atoms. The Bertz CT molecular complexity index is 441. The molecule has 0 amide bonds. The fourth-order valence-electron chi connectivity index (χ4n) is 1.43. The fraction of sp³-hybridized carbons (Fsp3) is 0.182. The van der Waals surface area contributed by atoms with E-state index < -0.39 is 0 Å². The number of pyridine rings is 1. The summed E-state index contributed by atoms with van der Waals surface area (Å²) in [6.07, 6.45) is 6.89. The summed E-state index contributed by atoms with van der Waals surface area (Å²) in [6.45, 7) is 1.99. The lowest BCUT2D eigenvalue weighted by Gasteiger charge is -2.11. The summed E-state index contributed by atoms with van der Waals surface area (Å²) in [5.41, 5.74) is 9.11. The molecule has 15 heavy (non-hydrogen) atoms. The van der Waals surface area contributed by atoms with Crippen molar-refractivity contribution in [3.63, 3.8) is 0 Å². The molecule has 1 unspecified atom stereocenters. The Morgan fingerprint density at radius 3 is 2.67 bits per heavy atom. The molecule has 2 N–H and O–H groups in total. The molecule has 1 atom stereocenters. The van der Waals surface area contributed by atoms with E-state index in [4.69, 9.17) is 5.73 Å². The molecule has 2 heterocycles. The van der Waals surface area contributed by atoms with Crippen LogP contribution in [0.4, 0.5) is 0 Å². The highest BCUT2D eigenvalue weighted by Gasteiger charge is 2.09. The van der Waals surface area contributed by atoms with Gasteiger partial charge in [0.1, 0.15) is 0 Å². The maximum atomic E-state index is 6.08. The number of hydrogen-bond acceptors (Lipinski definition) is 4. The van der Waals surface area contributed by atoms with E-state index >= 15 is 0 Å². The van der Waals surface area contributed by atoms with Crippen LogP contribution in [0.1, 0.15) is 22.7 Å². The van der Waals surface area contributed by atoms with Crippen molar-refractivity contribution in [2.75, 3.05) is 0 Å². The number of aryl methyl sites for hydroxylation is 1. The van der Waals surface area contributed by atoms with Crippen LogP contribution in [0, 0.1) is 6.92 Å². The molecule has 0 radical (unpaired) electrons. The normalized spacial score (nSPS) is 12.4. The van der Waals surface area contributed by atoms with Crippen LogP contribution in [0.25, 0.3) is 0 Å². The summed E-state index contributed by atoms with van der Waals surface area (Å²) in [5, 5.41) is 7.52. The average molecular weight is 200 g/mol. The van der Waals surface area contributed by atoms with Gasteiger partial charge in [-0.25, -0.2) is 0 Å². The Morgan fingerprint density at radius 1 is 1.13 bits per heavy atom. The first-order valence-corrected chi connectivity index (χ1v) is 4.71. The second-order valence-corrected chi connectivity index (χ2v) is 3.45. The molecule has 0 saturated heterocycles. The fourth-order valence-corrected chi connectivity index (χ4v) is 1.43. The molecule has 2 aromatic rings. The van der Waals surface area contributed by atoms with Crippen molar-refractivity contribution < 1.29 is 0 Å². The Hall–Kier alpha value is -1.81. The largest absolute Gasteiger partial charge is 0.320 e. The summed E-state index contributed by atoms with van der Waals surface area (Å²) in [7, 11) is 0. The first-order valence-electron chi connectivity index (χ1n) is 4.71. The summed E-state index contributed by atoms with van der Waals surface area (Å²) in [5.74, 6) is 0. The number of rotatable bonds is 2. The molecule has 0 spiro atoms. The maximum Gasteiger partial charge on any atom is 0.0583 e. The molecule has 4 heteroatoms. The van der Waals surface area contributed by atoms with Crippen LogP contribution in [-0.2, 0) is 0 Å². The standard InChI is InChI=1S/C11H12N4/c1-8-4-10(6-13-5-8)11(12)9-2-3-14-15-7-9/h2-7,11H,12H2,1H3. The average Bonchev–Trinajstić information content (AvgIpc) is 2.29. The van der Waals surface area contributed by atoms with Crippen LogP contribution >= 0.6 is 0 Å². The number of nitrogens with two attached hydrogens (primary N) is 1. The van der Waals surface area contributed by atoms with Crippen LogP contribution in [0.15, 0.2) is 36.9 Å². The van der Waals surface area contributed by atoms with Crippen LogP contribution in [0.5, 0.6) is 0 Å². The number of aromatic nitrogens is 3. The highest BCUT2D eigenvalue weighted by molar-refractivity contribution is 5.28. The number of nitrogens with zero attached hydrogens (tertiary/aromatic N) is 3. The van der Waals surface area contributed by atoms with Crippen LogP contribution in [0.3, 0.4) is 0 Å². The van der Waals surface area contributed by atoms with Gasteiger partial charge in [0.25, 0.3) is 0 Å². The smallest absolute Gasteiger partial charge is 0.0583 e. The lowest BCUT2D eigenvalue weighted by Crippen LogP contribution is -2.12. The van der Waals surface area contributed by atoms with Gasteiger partial charge in [-0.05, 0) is 29.7 Å². The highest BCUT2D eigenvalue weighted by atomic mass is 15.1. The molecule has 0 aliphatic carbocycles. The predicted molar refractivity (Wildman–Crippen MR) is 57.0 cm³/mol. The molecular weight excluding hydrogens is 188 g/mol. The zero-order chi connectivity index (χ0) is 10.7. The Labute approximate surface area is 88.2 Å². The first kappa shape index (κ1) is 9.73.